The minimum Gasteiger partial charge on any atom is -0.494 e. The number of carboxylic acids is 1. The highest BCUT2D eigenvalue weighted by molar-refractivity contribution is 6.30. The van der Waals surface area contributed by atoms with E-state index in [-0.39, 0.29) is 49.9 Å². The summed E-state index contributed by atoms with van der Waals surface area (Å²) in [6.07, 6.45) is 12.9. The van der Waals surface area contributed by atoms with Gasteiger partial charge in [0.05, 0.1) is 16.2 Å². The van der Waals surface area contributed by atoms with E-state index in [1.165, 1.54) is 24.8 Å². The third kappa shape index (κ3) is 5.52. The number of carbonyl (C=O) groups is 2. The van der Waals surface area contributed by atoms with Crippen LogP contribution >= 0.6 is 11.6 Å². The molecule has 4 saturated carbocycles. The van der Waals surface area contributed by atoms with Gasteiger partial charge in [-0.1, -0.05) is 77.8 Å². The van der Waals surface area contributed by atoms with E-state index in [4.69, 9.17) is 16.3 Å². The van der Waals surface area contributed by atoms with E-state index in [9.17, 15) is 19.1 Å². The summed E-state index contributed by atoms with van der Waals surface area (Å²) in [5, 5.41) is 13.3. The minimum atomic E-state index is -0.802. The molecule has 7 rings (SSSR count). The monoisotopic (exact) mass is 721 g/mol. The van der Waals surface area contributed by atoms with Gasteiger partial charge < -0.3 is 15.2 Å². The summed E-state index contributed by atoms with van der Waals surface area (Å²) >= 11 is 6.06. The van der Waals surface area contributed by atoms with Crippen LogP contribution in [0.4, 0.5) is 4.39 Å². The Morgan fingerprint density at radius 1 is 0.961 bits per heavy atom. The maximum Gasteiger partial charge on any atom is 0.313 e. The average molecular weight is 722 g/mol. The van der Waals surface area contributed by atoms with Crippen molar-refractivity contribution in [2.24, 2.45) is 56.2 Å². The average Bonchev–Trinajstić information content (AvgIpc) is 3.34. The number of ether oxygens (including phenoxy) is 1. The van der Waals surface area contributed by atoms with Crippen LogP contribution in [0.25, 0.3) is 0 Å². The second-order valence-electron chi connectivity index (χ2n) is 19.6. The lowest BCUT2D eigenvalue weighted by molar-refractivity contribution is -0.218. The molecule has 9 atom stereocenters. The number of carbonyl (C=O) groups excluding carboxylic acids is 1. The standard InChI is InChI=1S/C44H61ClFNO4/c1-26(2)35-30(48)24-44(20-21-47-25-27-10-9-11-29(45)36(27)46)19-14-33-42(7)16-12-31-39(3,4)34(51-28-22-40(5,23-28)38(49)50)15-18-41(31,6)32(42)13-17-43(33,8)37(35)44/h9-11,22,26,31-34,47H,12-21,23-25H2,1-8H3,(H,49,50). The lowest BCUT2D eigenvalue weighted by Crippen LogP contribution is -2.64. The zero-order valence-corrected chi connectivity index (χ0v) is 33.1. The maximum atomic E-state index is 14.7. The largest absolute Gasteiger partial charge is 0.494 e. The van der Waals surface area contributed by atoms with Crippen molar-refractivity contribution in [1.29, 1.82) is 0 Å². The molecule has 6 aliphatic rings. The minimum absolute atomic E-state index is 0.0131. The first-order valence-corrected chi connectivity index (χ1v) is 20.2. The summed E-state index contributed by atoms with van der Waals surface area (Å²) in [6, 6.07) is 5.17. The van der Waals surface area contributed by atoms with Crippen molar-refractivity contribution in [2.45, 2.75) is 139 Å². The number of carboxylic acid groups (broad SMARTS) is 1. The smallest absolute Gasteiger partial charge is 0.313 e. The number of halogens is 2. The Bertz CT molecular complexity index is 1680. The van der Waals surface area contributed by atoms with Gasteiger partial charge in [-0.25, -0.2) is 4.39 Å². The highest BCUT2D eigenvalue weighted by Crippen LogP contribution is 2.76. The van der Waals surface area contributed by atoms with E-state index < -0.39 is 11.4 Å². The van der Waals surface area contributed by atoms with Gasteiger partial charge in [0, 0.05) is 35.8 Å². The molecule has 5 nitrogen and oxygen atoms in total. The number of aliphatic carboxylic acids is 1. The van der Waals surface area contributed by atoms with Crippen LogP contribution in [0.5, 0.6) is 0 Å². The molecule has 0 spiro atoms. The van der Waals surface area contributed by atoms with Crippen molar-refractivity contribution < 1.29 is 23.8 Å². The van der Waals surface area contributed by atoms with Crippen LogP contribution in [-0.2, 0) is 20.9 Å². The second-order valence-corrected chi connectivity index (χ2v) is 20.1. The van der Waals surface area contributed by atoms with E-state index >= 15 is 0 Å². The van der Waals surface area contributed by atoms with E-state index in [2.05, 4.69) is 53.8 Å². The Morgan fingerprint density at radius 3 is 2.29 bits per heavy atom. The second kappa shape index (κ2) is 12.4. The SMILES string of the molecule is CC(C)C1=C2C(CCNCc3cccc(Cl)c3F)(CCC3C2(C)CCC2C3(C)CCC3C(C)(C)C(OC4=CC(C)(C(=O)O)C4)CCC32C)CC1=O. The summed E-state index contributed by atoms with van der Waals surface area (Å²) in [5.41, 5.74) is 2.63. The maximum absolute atomic E-state index is 14.7. The fourth-order valence-corrected chi connectivity index (χ4v) is 14.1. The number of benzene rings is 1. The highest BCUT2D eigenvalue weighted by Gasteiger charge is 2.69. The van der Waals surface area contributed by atoms with Gasteiger partial charge in [0.2, 0.25) is 0 Å². The predicted molar refractivity (Wildman–Crippen MR) is 200 cm³/mol. The normalized spacial score (nSPS) is 41.2. The molecule has 280 valence electrons. The van der Waals surface area contributed by atoms with Gasteiger partial charge in [0.15, 0.2) is 5.78 Å². The zero-order valence-electron chi connectivity index (χ0n) is 32.3. The van der Waals surface area contributed by atoms with Crippen molar-refractivity contribution in [3.8, 4) is 0 Å². The third-order valence-electron chi connectivity index (χ3n) is 16.1. The van der Waals surface area contributed by atoms with Crippen LogP contribution in [-0.4, -0.2) is 29.5 Å². The molecule has 0 heterocycles. The number of Topliss-reactive ketones (excluding diaryl/α,β-unsaturated/α-hetero) is 1. The van der Waals surface area contributed by atoms with Crippen molar-refractivity contribution >= 4 is 23.4 Å². The molecule has 7 heteroatoms. The molecule has 0 aliphatic heterocycles. The molecule has 0 saturated heterocycles. The van der Waals surface area contributed by atoms with E-state index in [1.54, 1.807) is 25.1 Å². The van der Waals surface area contributed by atoms with Crippen LogP contribution in [0.3, 0.4) is 0 Å². The van der Waals surface area contributed by atoms with Crippen LogP contribution < -0.4 is 5.32 Å². The van der Waals surface area contributed by atoms with E-state index in [0.717, 1.165) is 56.4 Å². The molecule has 0 radical (unpaired) electrons. The van der Waals surface area contributed by atoms with Gasteiger partial charge in [0.1, 0.15) is 11.9 Å². The van der Waals surface area contributed by atoms with Crippen molar-refractivity contribution in [3.05, 3.63) is 57.6 Å². The summed E-state index contributed by atoms with van der Waals surface area (Å²) in [6.45, 7) is 20.0. The highest BCUT2D eigenvalue weighted by atomic mass is 35.5. The number of hydrogen-bond donors (Lipinski definition) is 2. The van der Waals surface area contributed by atoms with Crippen LogP contribution in [0.1, 0.15) is 132 Å². The van der Waals surface area contributed by atoms with Crippen molar-refractivity contribution in [1.82, 2.24) is 5.32 Å². The summed E-state index contributed by atoms with van der Waals surface area (Å²) in [5.74, 6) is 1.97. The van der Waals surface area contributed by atoms with Gasteiger partial charge in [0.25, 0.3) is 0 Å². The molecule has 51 heavy (non-hydrogen) atoms. The van der Waals surface area contributed by atoms with Crippen molar-refractivity contribution in [3.63, 3.8) is 0 Å². The van der Waals surface area contributed by atoms with Crippen LogP contribution in [0, 0.1) is 62.0 Å². The first kappa shape index (κ1) is 37.1. The predicted octanol–water partition coefficient (Wildman–Crippen LogP) is 10.7. The molecule has 4 fully saturated rings. The summed E-state index contributed by atoms with van der Waals surface area (Å²) in [4.78, 5) is 25.7. The van der Waals surface area contributed by atoms with Gasteiger partial charge >= 0.3 is 5.97 Å². The van der Waals surface area contributed by atoms with Gasteiger partial charge in [-0.15, -0.1) is 0 Å². The van der Waals surface area contributed by atoms with Crippen molar-refractivity contribution in [2.75, 3.05) is 6.54 Å². The number of fused-ring (bicyclic) bond motifs is 7. The number of rotatable bonds is 9. The quantitative estimate of drug-likeness (QED) is 0.248. The van der Waals surface area contributed by atoms with Gasteiger partial charge in [-0.05, 0) is 129 Å². The fraction of sp³-hybridized carbons (Fsp3) is 0.727. The first-order valence-electron chi connectivity index (χ1n) is 19.9. The molecule has 0 bridgehead atoms. The zero-order chi connectivity index (χ0) is 36.9. The fourth-order valence-electron chi connectivity index (χ4n) is 13.9. The lowest BCUT2D eigenvalue weighted by atomic mass is 9.34. The van der Waals surface area contributed by atoms with Crippen LogP contribution in [0.2, 0.25) is 5.02 Å². The Balaban J connectivity index is 1.13. The van der Waals surface area contributed by atoms with Gasteiger partial charge in [-0.2, -0.15) is 0 Å². The Morgan fingerprint density at radius 2 is 1.61 bits per heavy atom. The molecule has 2 N–H and O–H groups in total. The van der Waals surface area contributed by atoms with E-state index in [0.29, 0.717) is 48.5 Å². The third-order valence-corrected chi connectivity index (χ3v) is 16.4. The Labute approximate surface area is 310 Å². The summed E-state index contributed by atoms with van der Waals surface area (Å²) < 4.78 is 21.3. The van der Waals surface area contributed by atoms with Crippen LogP contribution in [0.15, 0.2) is 41.2 Å². The lowest BCUT2D eigenvalue weighted by Gasteiger charge is -2.71. The van der Waals surface area contributed by atoms with Gasteiger partial charge in [-0.3, -0.25) is 9.59 Å². The number of hydrogen-bond acceptors (Lipinski definition) is 4. The molecule has 1 aromatic carbocycles. The molecule has 1 aromatic rings. The summed E-state index contributed by atoms with van der Waals surface area (Å²) in [7, 11) is 0. The molecule has 0 aromatic heterocycles. The number of ketones is 1. The number of allylic oxidation sites excluding steroid dienone is 3. The molecular weight excluding hydrogens is 661 g/mol. The molecule has 0 amide bonds. The first-order chi connectivity index (χ1) is 23.8. The molecule has 9 unspecified atom stereocenters. The Hall–Kier alpha value is -2.18. The van der Waals surface area contributed by atoms with E-state index in [1.807, 2.05) is 6.08 Å². The number of nitrogens with one attached hydrogen (secondary N) is 1. The Kier molecular flexibility index (Phi) is 9.06. The molecule has 6 aliphatic carbocycles. The molecular formula is C44H61ClFNO4. The topological polar surface area (TPSA) is 75.6 Å².